The van der Waals surface area contributed by atoms with Gasteiger partial charge < -0.3 is 4.90 Å². The van der Waals surface area contributed by atoms with E-state index in [0.29, 0.717) is 12.0 Å². The maximum Gasteiger partial charge on any atom is 0.208 e. The summed E-state index contributed by atoms with van der Waals surface area (Å²) in [6.45, 7) is 5.78. The van der Waals surface area contributed by atoms with Gasteiger partial charge in [-0.15, -0.1) is 0 Å². The van der Waals surface area contributed by atoms with Gasteiger partial charge in [0.05, 0.1) is 6.54 Å². The Labute approximate surface area is 61.1 Å². The highest BCUT2D eigenvalue weighted by Crippen LogP contribution is 2.06. The summed E-state index contributed by atoms with van der Waals surface area (Å²) in [6.07, 6.45) is 0. The van der Waals surface area contributed by atoms with Crippen LogP contribution in [-0.4, -0.2) is 35.0 Å². The van der Waals surface area contributed by atoms with E-state index < -0.39 is 0 Å². The number of hydrazine groups is 1. The fourth-order valence-corrected chi connectivity index (χ4v) is 1.10. The summed E-state index contributed by atoms with van der Waals surface area (Å²) in [6, 6.07) is 0.390. The van der Waals surface area contributed by atoms with Crippen LogP contribution >= 0.6 is 0 Å². The summed E-state index contributed by atoms with van der Waals surface area (Å²) in [5.41, 5.74) is 0. The summed E-state index contributed by atoms with van der Waals surface area (Å²) in [5.74, 6) is 5.91. The fraction of sp³-hybridized carbons (Fsp3) is 0.833. The molecule has 3 N–H and O–H groups in total. The van der Waals surface area contributed by atoms with E-state index in [1.165, 1.54) is 5.01 Å². The van der Waals surface area contributed by atoms with Crippen LogP contribution in [0.15, 0.2) is 0 Å². The van der Waals surface area contributed by atoms with Gasteiger partial charge in [-0.3, -0.25) is 10.4 Å². The third-order valence-corrected chi connectivity index (χ3v) is 1.75. The molecule has 10 heavy (non-hydrogen) atoms. The van der Waals surface area contributed by atoms with Crippen molar-refractivity contribution in [3.63, 3.8) is 0 Å². The minimum atomic E-state index is 0.390. The summed E-state index contributed by atoms with van der Waals surface area (Å²) in [4.78, 5) is 1.97. The van der Waals surface area contributed by atoms with Crippen molar-refractivity contribution >= 4 is 5.96 Å². The highest BCUT2D eigenvalue weighted by atomic mass is 15.6. The van der Waals surface area contributed by atoms with Gasteiger partial charge in [0.1, 0.15) is 0 Å². The van der Waals surface area contributed by atoms with Crippen LogP contribution in [0.4, 0.5) is 0 Å². The lowest BCUT2D eigenvalue weighted by molar-refractivity contribution is 0.381. The van der Waals surface area contributed by atoms with E-state index in [1.54, 1.807) is 0 Å². The summed E-state index contributed by atoms with van der Waals surface area (Å²) in [7, 11) is 0. The Morgan fingerprint density at radius 2 is 2.10 bits per heavy atom. The number of nitrogens with one attached hydrogen (secondary N) is 1. The van der Waals surface area contributed by atoms with E-state index in [9.17, 15) is 0 Å². The highest BCUT2D eigenvalue weighted by molar-refractivity contribution is 5.78. The zero-order chi connectivity index (χ0) is 7.72. The molecule has 0 aromatic heterocycles. The molecule has 0 bridgehead atoms. The van der Waals surface area contributed by atoms with Crippen LogP contribution in [0.25, 0.3) is 0 Å². The quantitative estimate of drug-likeness (QED) is 0.499. The van der Waals surface area contributed by atoms with Crippen LogP contribution in [0.2, 0.25) is 0 Å². The Balaban J connectivity index is 2.57. The Morgan fingerprint density at radius 1 is 1.50 bits per heavy atom. The van der Waals surface area contributed by atoms with E-state index in [0.717, 1.165) is 13.1 Å². The summed E-state index contributed by atoms with van der Waals surface area (Å²) in [5, 5.41) is 8.94. The molecular weight excluding hydrogens is 128 g/mol. The molecule has 0 aromatic rings. The molecule has 0 amide bonds. The van der Waals surface area contributed by atoms with Crippen molar-refractivity contribution in [2.24, 2.45) is 5.84 Å². The van der Waals surface area contributed by atoms with E-state index in [2.05, 4.69) is 13.8 Å². The van der Waals surface area contributed by atoms with Crippen LogP contribution < -0.4 is 5.84 Å². The van der Waals surface area contributed by atoms with Gasteiger partial charge >= 0.3 is 0 Å². The predicted octanol–water partition coefficient (Wildman–Crippen LogP) is -0.179. The van der Waals surface area contributed by atoms with E-state index in [1.807, 2.05) is 4.90 Å². The first-order valence-electron chi connectivity index (χ1n) is 3.50. The molecule has 58 valence electrons. The van der Waals surface area contributed by atoms with Crippen LogP contribution in [0.5, 0.6) is 0 Å². The second-order valence-corrected chi connectivity index (χ2v) is 2.80. The van der Waals surface area contributed by atoms with Gasteiger partial charge in [0.2, 0.25) is 5.96 Å². The van der Waals surface area contributed by atoms with Crippen LogP contribution in [0.3, 0.4) is 0 Å². The van der Waals surface area contributed by atoms with Crippen molar-refractivity contribution in [1.29, 1.82) is 5.41 Å². The van der Waals surface area contributed by atoms with Gasteiger partial charge in [0.25, 0.3) is 0 Å². The van der Waals surface area contributed by atoms with Crippen molar-refractivity contribution in [2.75, 3.05) is 13.1 Å². The molecule has 1 heterocycles. The molecule has 0 unspecified atom stereocenters. The molecule has 0 atom stereocenters. The number of rotatable bonds is 1. The van der Waals surface area contributed by atoms with E-state index >= 15 is 0 Å². The Kier molecular flexibility index (Phi) is 1.80. The second kappa shape index (κ2) is 2.46. The number of hydrogen-bond acceptors (Lipinski definition) is 2. The van der Waals surface area contributed by atoms with Crippen molar-refractivity contribution in [2.45, 2.75) is 19.9 Å². The molecule has 0 aromatic carbocycles. The zero-order valence-electron chi connectivity index (χ0n) is 6.46. The molecule has 0 aliphatic carbocycles. The Bertz CT molecular complexity index is 143. The summed E-state index contributed by atoms with van der Waals surface area (Å²) >= 11 is 0. The lowest BCUT2D eigenvalue weighted by atomic mass is 10.3. The number of hydrogen-bond donors (Lipinski definition) is 2. The molecule has 1 aliphatic rings. The molecule has 4 heteroatoms. The minimum Gasteiger partial charge on any atom is -0.338 e. The van der Waals surface area contributed by atoms with Crippen molar-refractivity contribution < 1.29 is 0 Å². The Morgan fingerprint density at radius 3 is 2.30 bits per heavy atom. The minimum absolute atomic E-state index is 0.390. The molecule has 4 nitrogen and oxygen atoms in total. The van der Waals surface area contributed by atoms with E-state index in [-0.39, 0.29) is 0 Å². The molecular formula is C6H14N4. The van der Waals surface area contributed by atoms with Gasteiger partial charge in [0, 0.05) is 12.6 Å². The lowest BCUT2D eigenvalue weighted by Crippen LogP contribution is -2.39. The zero-order valence-corrected chi connectivity index (χ0v) is 6.46. The van der Waals surface area contributed by atoms with Crippen molar-refractivity contribution in [3.8, 4) is 0 Å². The molecule has 1 rings (SSSR count). The molecule has 0 spiro atoms. The lowest BCUT2D eigenvalue weighted by Gasteiger charge is -2.22. The molecule has 0 saturated carbocycles. The van der Waals surface area contributed by atoms with Gasteiger partial charge in [-0.05, 0) is 13.8 Å². The normalized spacial score (nSPS) is 19.4. The van der Waals surface area contributed by atoms with E-state index in [4.69, 9.17) is 11.3 Å². The number of nitrogens with zero attached hydrogens (tertiary/aromatic N) is 2. The first-order valence-corrected chi connectivity index (χ1v) is 3.50. The molecule has 1 fully saturated rings. The standard InChI is InChI=1S/C6H14N4/c1-5(2)9-3-4-10(8)6(9)7/h5,7H,3-4,8H2,1-2H3. The first-order chi connectivity index (χ1) is 4.63. The number of nitrogens with two attached hydrogens (primary N) is 1. The van der Waals surface area contributed by atoms with Crippen LogP contribution in [0, 0.1) is 5.41 Å². The SMILES string of the molecule is CC(C)N1CCN(N)C1=N. The third kappa shape index (κ3) is 1.07. The maximum atomic E-state index is 7.47. The average molecular weight is 142 g/mol. The monoisotopic (exact) mass is 142 g/mol. The predicted molar refractivity (Wildman–Crippen MR) is 40.5 cm³/mol. The van der Waals surface area contributed by atoms with Crippen LogP contribution in [0.1, 0.15) is 13.8 Å². The fourth-order valence-electron chi connectivity index (χ4n) is 1.10. The van der Waals surface area contributed by atoms with Crippen molar-refractivity contribution in [1.82, 2.24) is 9.91 Å². The van der Waals surface area contributed by atoms with Gasteiger partial charge in [-0.2, -0.15) is 0 Å². The smallest absolute Gasteiger partial charge is 0.208 e. The summed E-state index contributed by atoms with van der Waals surface area (Å²) < 4.78 is 0. The van der Waals surface area contributed by atoms with Gasteiger partial charge in [-0.25, -0.2) is 5.84 Å². The largest absolute Gasteiger partial charge is 0.338 e. The van der Waals surface area contributed by atoms with Crippen LogP contribution in [-0.2, 0) is 0 Å². The van der Waals surface area contributed by atoms with Crippen molar-refractivity contribution in [3.05, 3.63) is 0 Å². The molecule has 1 saturated heterocycles. The maximum absolute atomic E-state index is 7.47. The third-order valence-electron chi connectivity index (χ3n) is 1.75. The Hall–Kier alpha value is -0.770. The topological polar surface area (TPSA) is 56.4 Å². The average Bonchev–Trinajstić information content (AvgIpc) is 2.14. The molecule has 0 radical (unpaired) electrons. The van der Waals surface area contributed by atoms with Gasteiger partial charge in [0.15, 0.2) is 0 Å². The number of guanidine groups is 1. The molecule has 1 aliphatic heterocycles. The van der Waals surface area contributed by atoms with Gasteiger partial charge in [-0.1, -0.05) is 0 Å². The highest BCUT2D eigenvalue weighted by Gasteiger charge is 2.23. The first kappa shape index (κ1) is 7.34. The second-order valence-electron chi connectivity index (χ2n) is 2.80.